The van der Waals surface area contributed by atoms with E-state index in [-0.39, 0.29) is 18.4 Å². The molecule has 4 atom stereocenters. The third-order valence-electron chi connectivity index (χ3n) is 12.7. The summed E-state index contributed by atoms with van der Waals surface area (Å²) in [6.07, 6.45) is 38.7. The molecule has 0 bridgehead atoms. The largest absolute Gasteiger partial charge is 0.333 e. The molecule has 4 unspecified atom stereocenters. The first kappa shape index (κ1) is 36.6. The highest BCUT2D eigenvalue weighted by Crippen LogP contribution is 2.54. The Hall–Kier alpha value is -5.72. The van der Waals surface area contributed by atoms with E-state index < -0.39 is 0 Å². The predicted octanol–water partition coefficient (Wildman–Crippen LogP) is 11.1. The third kappa shape index (κ3) is 6.98. The fraction of sp³-hybridized carbons (Fsp3) is 0.245. The summed E-state index contributed by atoms with van der Waals surface area (Å²) in [5, 5.41) is 7.52. The monoisotopic (exact) mass is 759 g/mol. The Balaban J connectivity index is 0.959. The topological polar surface area (TPSA) is 56.6 Å². The first-order valence-corrected chi connectivity index (χ1v) is 21.4. The van der Waals surface area contributed by atoms with Crippen molar-refractivity contribution in [2.24, 2.45) is 11.7 Å². The maximum absolute atomic E-state index is 6.73. The number of nitrogens with one attached hydrogen (secondary N) is 2. The van der Waals surface area contributed by atoms with Gasteiger partial charge in [0, 0.05) is 35.1 Å². The summed E-state index contributed by atoms with van der Waals surface area (Å²) in [6.45, 7) is 0.806. The van der Waals surface area contributed by atoms with Gasteiger partial charge < -0.3 is 15.5 Å². The lowest BCUT2D eigenvalue weighted by molar-refractivity contribution is 0.420. The molecule has 0 saturated carbocycles. The number of hydrogen-bond acceptors (Lipinski definition) is 5. The molecule has 3 aromatic carbocycles. The van der Waals surface area contributed by atoms with Crippen LogP contribution in [0.15, 0.2) is 209 Å². The average molecular weight is 760 g/mol. The van der Waals surface area contributed by atoms with Gasteiger partial charge >= 0.3 is 0 Å². The van der Waals surface area contributed by atoms with Gasteiger partial charge in [0.25, 0.3) is 0 Å². The zero-order valence-electron chi connectivity index (χ0n) is 33.2. The van der Waals surface area contributed by atoms with Gasteiger partial charge in [-0.1, -0.05) is 134 Å². The summed E-state index contributed by atoms with van der Waals surface area (Å²) in [5.74, 6) is 0.305. The molecule has 0 fully saturated rings. The van der Waals surface area contributed by atoms with Crippen LogP contribution in [0.1, 0.15) is 68.7 Å². The van der Waals surface area contributed by atoms with Crippen LogP contribution in [-0.2, 0) is 0 Å². The van der Waals surface area contributed by atoms with Gasteiger partial charge in [-0.15, -0.1) is 0 Å². The van der Waals surface area contributed by atoms with Crippen LogP contribution in [0.5, 0.6) is 0 Å². The van der Waals surface area contributed by atoms with Gasteiger partial charge in [-0.2, -0.15) is 0 Å². The minimum atomic E-state index is -0.271. The van der Waals surface area contributed by atoms with Crippen molar-refractivity contribution in [1.82, 2.24) is 10.6 Å². The molecule has 0 radical (unpaired) electrons. The molecular weight excluding hydrogens is 707 g/mol. The molecule has 5 nitrogen and oxygen atoms in total. The van der Waals surface area contributed by atoms with Crippen molar-refractivity contribution in [3.8, 4) is 0 Å². The highest BCUT2D eigenvalue weighted by Gasteiger charge is 2.46. The Bertz CT molecular complexity index is 2400. The molecule has 3 aromatic rings. The van der Waals surface area contributed by atoms with Crippen LogP contribution in [0.25, 0.3) is 5.57 Å². The number of benzene rings is 3. The number of fused-ring (bicyclic) bond motifs is 5. The Morgan fingerprint density at radius 3 is 2.28 bits per heavy atom. The molecule has 4 N–H and O–H groups in total. The summed E-state index contributed by atoms with van der Waals surface area (Å²) in [4.78, 5) is 5.20. The van der Waals surface area contributed by atoms with Crippen molar-refractivity contribution in [2.45, 2.75) is 69.7 Å². The highest BCUT2D eigenvalue weighted by molar-refractivity contribution is 5.81. The number of nitrogens with two attached hydrogens (primary N) is 1. The molecule has 7 aliphatic rings. The number of anilines is 2. The van der Waals surface area contributed by atoms with Crippen LogP contribution < -0.4 is 26.2 Å². The lowest BCUT2D eigenvalue weighted by Crippen LogP contribution is -2.48. The smallest absolute Gasteiger partial charge is 0.0824 e. The Kier molecular flexibility index (Phi) is 10.3. The van der Waals surface area contributed by atoms with E-state index in [0.717, 1.165) is 63.5 Å². The van der Waals surface area contributed by atoms with Crippen LogP contribution >= 0.6 is 0 Å². The van der Waals surface area contributed by atoms with E-state index in [9.17, 15) is 0 Å². The van der Waals surface area contributed by atoms with Crippen molar-refractivity contribution < 1.29 is 0 Å². The molecule has 290 valence electrons. The van der Waals surface area contributed by atoms with Gasteiger partial charge in [-0.05, 0) is 121 Å². The van der Waals surface area contributed by atoms with Crippen molar-refractivity contribution in [3.05, 3.63) is 220 Å². The minimum absolute atomic E-state index is 0.0323. The van der Waals surface area contributed by atoms with Gasteiger partial charge in [0.2, 0.25) is 0 Å². The first-order valence-electron chi connectivity index (χ1n) is 21.4. The zero-order chi connectivity index (χ0) is 38.8. The molecule has 2 aliphatic heterocycles. The summed E-state index contributed by atoms with van der Waals surface area (Å²) in [6, 6.07) is 31.0. The summed E-state index contributed by atoms with van der Waals surface area (Å²) in [7, 11) is 0. The first-order chi connectivity index (χ1) is 28.7. The maximum atomic E-state index is 6.73. The van der Waals surface area contributed by atoms with Crippen molar-refractivity contribution >= 4 is 16.9 Å². The predicted molar refractivity (Wildman–Crippen MR) is 241 cm³/mol. The molecular formula is C53H53N5. The zero-order valence-corrected chi connectivity index (χ0v) is 33.2. The number of para-hydroxylation sites is 1. The molecule has 0 spiro atoms. The highest BCUT2D eigenvalue weighted by atomic mass is 15.2. The van der Waals surface area contributed by atoms with Gasteiger partial charge in [-0.3, -0.25) is 10.6 Å². The lowest BCUT2D eigenvalue weighted by Gasteiger charge is -2.37. The summed E-state index contributed by atoms with van der Waals surface area (Å²) < 4.78 is 0. The quantitative estimate of drug-likeness (QED) is 0.180. The Morgan fingerprint density at radius 1 is 0.707 bits per heavy atom. The van der Waals surface area contributed by atoms with Crippen LogP contribution in [0.3, 0.4) is 0 Å². The molecule has 10 rings (SSSR count). The molecule has 0 aromatic heterocycles. The molecule has 0 saturated heterocycles. The third-order valence-corrected chi connectivity index (χ3v) is 12.7. The van der Waals surface area contributed by atoms with Gasteiger partial charge in [0.1, 0.15) is 0 Å². The van der Waals surface area contributed by atoms with Crippen molar-refractivity contribution in [1.29, 1.82) is 0 Å². The maximum Gasteiger partial charge on any atom is 0.0824 e. The van der Waals surface area contributed by atoms with E-state index in [1.165, 1.54) is 67.5 Å². The molecule has 2 heterocycles. The second-order valence-corrected chi connectivity index (χ2v) is 16.3. The lowest BCUT2D eigenvalue weighted by atomic mass is 9.82. The van der Waals surface area contributed by atoms with Gasteiger partial charge in [0.05, 0.1) is 29.8 Å². The summed E-state index contributed by atoms with van der Waals surface area (Å²) in [5.41, 5.74) is 24.0. The van der Waals surface area contributed by atoms with Crippen molar-refractivity contribution in [2.75, 3.05) is 16.3 Å². The van der Waals surface area contributed by atoms with Gasteiger partial charge in [0.15, 0.2) is 0 Å². The Labute approximate surface area is 344 Å². The number of allylic oxidation sites excluding steroid dienone is 12. The van der Waals surface area contributed by atoms with E-state index >= 15 is 0 Å². The van der Waals surface area contributed by atoms with Crippen LogP contribution in [0.4, 0.5) is 11.4 Å². The van der Waals surface area contributed by atoms with Gasteiger partial charge in [-0.25, -0.2) is 0 Å². The minimum Gasteiger partial charge on any atom is -0.333 e. The number of rotatable bonds is 10. The number of hydrogen-bond donors (Lipinski definition) is 3. The second-order valence-electron chi connectivity index (χ2n) is 16.3. The van der Waals surface area contributed by atoms with Crippen LogP contribution in [0.2, 0.25) is 0 Å². The normalized spacial score (nSPS) is 23.2. The average Bonchev–Trinajstić information content (AvgIpc) is 3.58. The van der Waals surface area contributed by atoms with E-state index in [0.29, 0.717) is 5.92 Å². The van der Waals surface area contributed by atoms with Crippen LogP contribution in [0, 0.1) is 5.92 Å². The van der Waals surface area contributed by atoms with E-state index in [1.807, 2.05) is 6.07 Å². The SMILES string of the molecule is NC(NC(NCC1=CCCC=C1)C1=CC=C(c2ccc(N3C4=CCCC=C4C4=C(C5=C3C=CCC5)C3C=CC=CC3N4c3ccccc3)cc2)CC1)c1ccccc1. The standard InChI is InChI=1S/C53H53N5/c54-52(40-18-6-2-7-19-40)56-53(55-36-37-16-4-1-5-17-37)41-30-28-38(29-31-41)39-32-34-43(35-33-39)57-47-25-13-10-22-44(47)50-45-23-11-14-26-48(45)58(42-20-8-3-9-21-42)51(50)46-24-12-15-27-49(46)57/h2-4,6-9,11,13-14,16-21,23-28,30,32-35,45,48,52-53,55-56H,1,5,10,12,15,22,29,31,36,54H2. The Morgan fingerprint density at radius 2 is 1.48 bits per heavy atom. The van der Waals surface area contributed by atoms with Crippen LogP contribution in [-0.4, -0.2) is 18.8 Å². The molecule has 5 heteroatoms. The fourth-order valence-corrected chi connectivity index (χ4v) is 9.90. The molecule has 0 amide bonds. The number of nitrogens with zero attached hydrogens (tertiary/aromatic N) is 2. The van der Waals surface area contributed by atoms with E-state index in [4.69, 9.17) is 5.73 Å². The van der Waals surface area contributed by atoms with E-state index in [2.05, 4.69) is 178 Å². The van der Waals surface area contributed by atoms with E-state index in [1.54, 1.807) is 0 Å². The molecule has 5 aliphatic carbocycles. The molecule has 58 heavy (non-hydrogen) atoms. The fourth-order valence-electron chi connectivity index (χ4n) is 9.90. The summed E-state index contributed by atoms with van der Waals surface area (Å²) >= 11 is 0. The second kappa shape index (κ2) is 16.3. The van der Waals surface area contributed by atoms with Crippen molar-refractivity contribution in [3.63, 3.8) is 0 Å².